The summed E-state index contributed by atoms with van der Waals surface area (Å²) < 4.78 is 5.35. The molecule has 0 aliphatic heterocycles. The molecule has 0 aliphatic carbocycles. The van der Waals surface area contributed by atoms with Crippen molar-refractivity contribution in [2.45, 2.75) is 39.2 Å². The fraction of sp³-hybridized carbons (Fsp3) is 0.529. The second-order valence-corrected chi connectivity index (χ2v) is 4.78. The lowest BCUT2D eigenvalue weighted by molar-refractivity contribution is -0.159. The number of esters is 1. The Morgan fingerprint density at radius 1 is 1.24 bits per heavy atom. The summed E-state index contributed by atoms with van der Waals surface area (Å²) in [5.74, 6) is -0.268. The van der Waals surface area contributed by atoms with E-state index in [1.54, 1.807) is 6.92 Å². The Labute approximate surface area is 127 Å². The molecule has 0 aromatic heterocycles. The average molecular weight is 288 g/mol. The van der Waals surface area contributed by atoms with Gasteiger partial charge in [0.15, 0.2) is 0 Å². The number of nitrogens with zero attached hydrogens (tertiary/aromatic N) is 2. The molecule has 1 aromatic carbocycles. The van der Waals surface area contributed by atoms with Crippen LogP contribution in [0.15, 0.2) is 30.3 Å². The van der Waals surface area contributed by atoms with E-state index in [1.165, 1.54) is 0 Å². The van der Waals surface area contributed by atoms with Crippen LogP contribution in [0.1, 0.15) is 39.2 Å². The molecule has 114 valence electrons. The molecule has 0 unspecified atom stereocenters. The molecule has 4 nitrogen and oxygen atoms in total. The van der Waals surface area contributed by atoms with E-state index in [2.05, 4.69) is 11.0 Å². The highest BCUT2D eigenvalue weighted by molar-refractivity contribution is 5.82. The van der Waals surface area contributed by atoms with Crippen molar-refractivity contribution in [3.05, 3.63) is 35.9 Å². The summed E-state index contributed by atoms with van der Waals surface area (Å²) in [6, 6.07) is 11.8. The number of likely N-dealkylation sites (N-methyl/N-ethyl adjacent to an activating group) is 1. The zero-order valence-electron chi connectivity index (χ0n) is 13.1. The van der Waals surface area contributed by atoms with E-state index in [1.807, 2.05) is 44.2 Å². The lowest BCUT2D eigenvalue weighted by Gasteiger charge is -2.41. The molecule has 0 amide bonds. The van der Waals surface area contributed by atoms with Crippen molar-refractivity contribution in [2.24, 2.45) is 0 Å². The normalized spacial score (nSPS) is 13.5. The van der Waals surface area contributed by atoms with Crippen LogP contribution in [0.4, 0.5) is 0 Å². The van der Waals surface area contributed by atoms with Crippen molar-refractivity contribution in [3.8, 4) is 6.07 Å². The molecule has 0 spiro atoms. The largest absolute Gasteiger partial charge is 0.464 e. The van der Waals surface area contributed by atoms with E-state index in [9.17, 15) is 4.79 Å². The second kappa shape index (κ2) is 8.43. The van der Waals surface area contributed by atoms with E-state index in [0.29, 0.717) is 19.4 Å². The van der Waals surface area contributed by atoms with Gasteiger partial charge < -0.3 is 4.74 Å². The van der Waals surface area contributed by atoms with Crippen LogP contribution in [0, 0.1) is 11.3 Å². The first kappa shape index (κ1) is 17.2. The SMILES string of the molecule is CCOC(=O)[C@@](CCC#N)(c1ccccc1)N(CC)CC. The number of nitriles is 1. The molecular formula is C17H24N2O2. The first-order chi connectivity index (χ1) is 10.2. The fourth-order valence-electron chi connectivity index (χ4n) is 2.80. The van der Waals surface area contributed by atoms with Crippen LogP contribution in [0.3, 0.4) is 0 Å². The summed E-state index contributed by atoms with van der Waals surface area (Å²) in [5, 5.41) is 8.99. The van der Waals surface area contributed by atoms with Gasteiger partial charge in [0.1, 0.15) is 5.54 Å². The summed E-state index contributed by atoms with van der Waals surface area (Å²) in [5.41, 5.74) is 0.0126. The lowest BCUT2D eigenvalue weighted by Crippen LogP contribution is -2.52. The average Bonchev–Trinajstić information content (AvgIpc) is 2.52. The van der Waals surface area contributed by atoms with Gasteiger partial charge in [-0.05, 0) is 32.0 Å². The van der Waals surface area contributed by atoms with Gasteiger partial charge in [0.2, 0.25) is 0 Å². The predicted octanol–water partition coefficient (Wildman–Crippen LogP) is 3.09. The van der Waals surface area contributed by atoms with E-state index in [0.717, 1.165) is 18.7 Å². The number of carbonyl (C=O) groups is 1. The van der Waals surface area contributed by atoms with Crippen molar-refractivity contribution in [1.82, 2.24) is 4.90 Å². The van der Waals surface area contributed by atoms with Crippen LogP contribution < -0.4 is 0 Å². The molecular weight excluding hydrogens is 264 g/mol. The third-order valence-corrected chi connectivity index (χ3v) is 3.77. The van der Waals surface area contributed by atoms with E-state index in [-0.39, 0.29) is 5.97 Å². The fourth-order valence-corrected chi connectivity index (χ4v) is 2.80. The maximum absolute atomic E-state index is 12.8. The number of ether oxygens (including phenoxy) is 1. The molecule has 0 radical (unpaired) electrons. The second-order valence-electron chi connectivity index (χ2n) is 4.78. The van der Waals surface area contributed by atoms with Gasteiger partial charge in [-0.15, -0.1) is 0 Å². The summed E-state index contributed by atoms with van der Waals surface area (Å²) in [7, 11) is 0. The molecule has 4 heteroatoms. The summed E-state index contributed by atoms with van der Waals surface area (Å²) >= 11 is 0. The van der Waals surface area contributed by atoms with Gasteiger partial charge in [0.25, 0.3) is 0 Å². The molecule has 0 saturated carbocycles. The zero-order valence-corrected chi connectivity index (χ0v) is 13.1. The van der Waals surface area contributed by atoms with E-state index < -0.39 is 5.54 Å². The van der Waals surface area contributed by atoms with Crippen LogP contribution in [0.25, 0.3) is 0 Å². The van der Waals surface area contributed by atoms with Gasteiger partial charge in [-0.3, -0.25) is 4.90 Å². The monoisotopic (exact) mass is 288 g/mol. The highest BCUT2D eigenvalue weighted by Gasteiger charge is 2.45. The predicted molar refractivity (Wildman–Crippen MR) is 82.5 cm³/mol. The molecule has 0 saturated heterocycles. The Morgan fingerprint density at radius 3 is 2.33 bits per heavy atom. The van der Waals surface area contributed by atoms with Crippen LogP contribution in [0.2, 0.25) is 0 Å². The van der Waals surface area contributed by atoms with Crippen LogP contribution in [-0.4, -0.2) is 30.6 Å². The Kier molecular flexibility index (Phi) is 6.90. The number of hydrogen-bond donors (Lipinski definition) is 0. The van der Waals surface area contributed by atoms with Gasteiger partial charge in [0.05, 0.1) is 12.7 Å². The zero-order chi connectivity index (χ0) is 15.7. The van der Waals surface area contributed by atoms with E-state index >= 15 is 0 Å². The topological polar surface area (TPSA) is 53.3 Å². The van der Waals surface area contributed by atoms with Crippen molar-refractivity contribution >= 4 is 5.97 Å². The van der Waals surface area contributed by atoms with Gasteiger partial charge in [-0.25, -0.2) is 4.79 Å². The first-order valence-corrected chi connectivity index (χ1v) is 7.52. The third kappa shape index (κ3) is 3.62. The van der Waals surface area contributed by atoms with Crippen molar-refractivity contribution in [2.75, 3.05) is 19.7 Å². The van der Waals surface area contributed by atoms with Gasteiger partial charge in [0, 0.05) is 6.42 Å². The molecule has 1 atom stereocenters. The van der Waals surface area contributed by atoms with Crippen molar-refractivity contribution in [3.63, 3.8) is 0 Å². The highest BCUT2D eigenvalue weighted by Crippen LogP contribution is 2.35. The molecule has 0 bridgehead atoms. The van der Waals surface area contributed by atoms with Crippen molar-refractivity contribution in [1.29, 1.82) is 5.26 Å². The minimum atomic E-state index is -0.878. The molecule has 1 aromatic rings. The smallest absolute Gasteiger partial charge is 0.331 e. The molecule has 21 heavy (non-hydrogen) atoms. The molecule has 0 N–H and O–H groups in total. The maximum Gasteiger partial charge on any atom is 0.331 e. The first-order valence-electron chi connectivity index (χ1n) is 7.52. The van der Waals surface area contributed by atoms with Crippen LogP contribution in [-0.2, 0) is 15.1 Å². The standard InChI is InChI=1S/C17H24N2O2/c1-4-19(5-2)17(13-10-14-18,16(20)21-6-3)15-11-8-7-9-12-15/h7-9,11-12H,4-6,10,13H2,1-3H3/t17-/m1/s1. The van der Waals surface area contributed by atoms with Crippen LogP contribution in [0.5, 0.6) is 0 Å². The summed E-state index contributed by atoms with van der Waals surface area (Å²) in [6.07, 6.45) is 0.748. The number of rotatable bonds is 8. The van der Waals surface area contributed by atoms with Gasteiger partial charge in [-0.1, -0.05) is 44.2 Å². The molecule has 1 rings (SSSR count). The number of benzene rings is 1. The summed E-state index contributed by atoms with van der Waals surface area (Å²) in [4.78, 5) is 14.8. The Balaban J connectivity index is 3.40. The quantitative estimate of drug-likeness (QED) is 0.690. The van der Waals surface area contributed by atoms with Crippen LogP contribution >= 0.6 is 0 Å². The Morgan fingerprint density at radius 2 is 1.86 bits per heavy atom. The van der Waals surface area contributed by atoms with Gasteiger partial charge >= 0.3 is 5.97 Å². The van der Waals surface area contributed by atoms with Gasteiger partial charge in [-0.2, -0.15) is 5.26 Å². The van der Waals surface area contributed by atoms with E-state index in [4.69, 9.17) is 10.00 Å². The molecule has 0 aliphatic rings. The third-order valence-electron chi connectivity index (χ3n) is 3.77. The Hall–Kier alpha value is -1.86. The lowest BCUT2D eigenvalue weighted by atomic mass is 9.83. The number of carbonyl (C=O) groups excluding carboxylic acids is 1. The number of hydrogen-bond acceptors (Lipinski definition) is 4. The maximum atomic E-state index is 12.8. The molecule has 0 fully saturated rings. The minimum absolute atomic E-state index is 0.268. The van der Waals surface area contributed by atoms with Crippen molar-refractivity contribution < 1.29 is 9.53 Å². The molecule has 0 heterocycles. The minimum Gasteiger partial charge on any atom is -0.464 e. The Bertz CT molecular complexity index is 477. The highest BCUT2D eigenvalue weighted by atomic mass is 16.5. The summed E-state index contributed by atoms with van der Waals surface area (Å²) in [6.45, 7) is 7.62.